The molecule has 0 spiro atoms. The Hall–Kier alpha value is -2.06. The van der Waals surface area contributed by atoms with E-state index in [1.165, 1.54) is 0 Å². The molecule has 188 valence electrons. The maximum Gasteiger partial charge on any atom is 0.236 e. The van der Waals surface area contributed by atoms with E-state index in [2.05, 4.69) is 18.1 Å². The van der Waals surface area contributed by atoms with Gasteiger partial charge in [-0.1, -0.05) is 41.0 Å². The number of amides is 2. The highest BCUT2D eigenvalue weighted by Crippen LogP contribution is 2.35. The highest BCUT2D eigenvalue weighted by molar-refractivity contribution is 8.02. The smallest absolute Gasteiger partial charge is 0.236 e. The minimum absolute atomic E-state index is 0.0559. The topological polar surface area (TPSA) is 108 Å². The second-order valence-corrected chi connectivity index (χ2v) is 11.3. The van der Waals surface area contributed by atoms with E-state index >= 15 is 0 Å². The number of hydrogen-bond acceptors (Lipinski definition) is 5. The lowest BCUT2D eigenvalue weighted by atomic mass is 9.87. The first-order valence-electron chi connectivity index (χ1n) is 11.8. The van der Waals surface area contributed by atoms with Crippen LogP contribution in [0.1, 0.15) is 66.7 Å². The van der Waals surface area contributed by atoms with Crippen LogP contribution in [0.3, 0.4) is 0 Å². The lowest BCUT2D eigenvalue weighted by Gasteiger charge is -2.37. The Balaban J connectivity index is 0.00000265. The number of carbonyl (C=O) groups is 2. The first-order chi connectivity index (χ1) is 15.6. The highest BCUT2D eigenvalue weighted by atomic mass is 32.2. The van der Waals surface area contributed by atoms with Gasteiger partial charge in [-0.15, -0.1) is 0 Å². The number of primary amides is 1. The molecule has 2 amide bonds. The van der Waals surface area contributed by atoms with Crippen molar-refractivity contribution in [1.29, 1.82) is 0 Å². The zero-order valence-corrected chi connectivity index (χ0v) is 21.7. The Kier molecular flexibility index (Phi) is 11.4. The van der Waals surface area contributed by atoms with Crippen molar-refractivity contribution in [2.24, 2.45) is 11.1 Å². The van der Waals surface area contributed by atoms with E-state index in [1.807, 2.05) is 27.7 Å². The van der Waals surface area contributed by atoms with Crippen LogP contribution in [-0.4, -0.2) is 53.0 Å². The number of benzene rings is 1. The number of ether oxygens (including phenoxy) is 2. The van der Waals surface area contributed by atoms with Crippen LogP contribution in [0.25, 0.3) is 0 Å². The summed E-state index contributed by atoms with van der Waals surface area (Å²) in [6, 6.07) is 6.80. The molecule has 0 bridgehead atoms. The van der Waals surface area contributed by atoms with Crippen molar-refractivity contribution in [3.63, 3.8) is 0 Å². The van der Waals surface area contributed by atoms with Gasteiger partial charge in [0.1, 0.15) is 10.5 Å². The van der Waals surface area contributed by atoms with Crippen molar-refractivity contribution in [1.82, 2.24) is 5.32 Å². The summed E-state index contributed by atoms with van der Waals surface area (Å²) in [6.45, 7) is 11.6. The van der Waals surface area contributed by atoms with Gasteiger partial charge in [0.25, 0.3) is 0 Å². The molecule has 0 aromatic heterocycles. The number of carbonyl (C=O) groups excluding carboxylic acids is 2. The SMILES string of the molecule is C=S(=O)(c1ccc(OCCCNC(=O)C(C)(C)CCC)cc1)C1(C(N)=O)CCOCC1.CC. The van der Waals surface area contributed by atoms with E-state index in [0.717, 1.165) is 12.8 Å². The summed E-state index contributed by atoms with van der Waals surface area (Å²) in [4.78, 5) is 24.9. The molecule has 2 rings (SSSR count). The van der Waals surface area contributed by atoms with Crippen LogP contribution < -0.4 is 15.8 Å². The summed E-state index contributed by atoms with van der Waals surface area (Å²) in [5.74, 6) is 3.99. The van der Waals surface area contributed by atoms with Gasteiger partial charge in [0.15, 0.2) is 0 Å². The van der Waals surface area contributed by atoms with Gasteiger partial charge in [0.2, 0.25) is 11.8 Å². The molecule has 1 aliphatic rings. The first kappa shape index (κ1) is 29.0. The van der Waals surface area contributed by atoms with Crippen LogP contribution in [0.2, 0.25) is 0 Å². The third kappa shape index (κ3) is 7.21. The molecule has 0 aliphatic carbocycles. The zero-order valence-electron chi connectivity index (χ0n) is 20.9. The summed E-state index contributed by atoms with van der Waals surface area (Å²) < 4.78 is 23.4. The fraction of sp³-hybridized carbons (Fsp3) is 0.640. The summed E-state index contributed by atoms with van der Waals surface area (Å²) >= 11 is 0. The molecule has 1 saturated heterocycles. The van der Waals surface area contributed by atoms with Gasteiger partial charge < -0.3 is 20.5 Å². The molecule has 8 heteroatoms. The van der Waals surface area contributed by atoms with Gasteiger partial charge >= 0.3 is 0 Å². The third-order valence-corrected chi connectivity index (χ3v) is 8.86. The average molecular weight is 483 g/mol. The zero-order chi connectivity index (χ0) is 25.1. The molecular formula is C25H42N2O5S. The molecule has 3 N–H and O–H groups in total. The summed E-state index contributed by atoms with van der Waals surface area (Å²) in [6.07, 6.45) is 3.08. The van der Waals surface area contributed by atoms with Gasteiger partial charge in [0.05, 0.1) is 6.61 Å². The largest absolute Gasteiger partial charge is 0.494 e. The van der Waals surface area contributed by atoms with Crippen LogP contribution in [0.4, 0.5) is 0 Å². The second-order valence-electron chi connectivity index (χ2n) is 8.71. The van der Waals surface area contributed by atoms with Crippen LogP contribution >= 0.6 is 0 Å². The predicted molar refractivity (Wildman–Crippen MR) is 135 cm³/mol. The summed E-state index contributed by atoms with van der Waals surface area (Å²) in [7, 11) is -2.95. The van der Waals surface area contributed by atoms with Gasteiger partial charge in [-0.3, -0.25) is 13.8 Å². The van der Waals surface area contributed by atoms with Crippen LogP contribution in [0.5, 0.6) is 5.75 Å². The van der Waals surface area contributed by atoms with E-state index in [9.17, 15) is 13.8 Å². The molecule has 1 aromatic rings. The molecule has 0 radical (unpaired) electrons. The number of hydrogen-bond donors (Lipinski definition) is 2. The van der Waals surface area contributed by atoms with Crippen molar-refractivity contribution in [3.8, 4) is 5.75 Å². The summed E-state index contributed by atoms with van der Waals surface area (Å²) in [5, 5.41) is 2.95. The highest BCUT2D eigenvalue weighted by Gasteiger charge is 2.46. The Morgan fingerprint density at radius 2 is 1.79 bits per heavy atom. The lowest BCUT2D eigenvalue weighted by Crippen LogP contribution is -2.53. The third-order valence-electron chi connectivity index (χ3n) is 5.95. The molecule has 1 aliphatic heterocycles. The lowest BCUT2D eigenvalue weighted by molar-refractivity contribution is -0.129. The maximum absolute atomic E-state index is 13.6. The predicted octanol–water partition coefficient (Wildman–Crippen LogP) is 3.53. The van der Waals surface area contributed by atoms with Crippen molar-refractivity contribution in [3.05, 3.63) is 24.3 Å². The van der Waals surface area contributed by atoms with Gasteiger partial charge in [-0.25, -0.2) is 0 Å². The number of nitrogens with two attached hydrogens (primary N) is 1. The van der Waals surface area contributed by atoms with Gasteiger partial charge in [-0.2, -0.15) is 0 Å². The van der Waals surface area contributed by atoms with E-state index in [4.69, 9.17) is 15.2 Å². The molecule has 1 atom stereocenters. The summed E-state index contributed by atoms with van der Waals surface area (Å²) in [5.41, 5.74) is 5.28. The molecular weight excluding hydrogens is 440 g/mol. The van der Waals surface area contributed by atoms with Crippen molar-refractivity contribution >= 4 is 27.2 Å². The van der Waals surface area contributed by atoms with Gasteiger partial charge in [-0.05, 0) is 55.8 Å². The van der Waals surface area contributed by atoms with Crippen molar-refractivity contribution in [2.75, 3.05) is 26.4 Å². The van der Waals surface area contributed by atoms with Crippen molar-refractivity contribution < 1.29 is 23.3 Å². The van der Waals surface area contributed by atoms with Crippen molar-refractivity contribution in [2.45, 2.75) is 76.4 Å². The Bertz CT molecular complexity index is 857. The minimum Gasteiger partial charge on any atom is -0.494 e. The standard InChI is InChI=1S/C23H36N2O5S.C2H6/c1-5-11-22(2,3)21(27)25-14-6-15-30-18-7-9-19(10-8-18)31(4,28)23(20(24)26)12-16-29-17-13-23;1-2/h7-10H,4-6,11-17H2,1-3H3,(H2,24,26)(H,25,27);1-2H3. The van der Waals surface area contributed by atoms with Crippen LogP contribution in [0, 0.1) is 5.41 Å². The fourth-order valence-electron chi connectivity index (χ4n) is 3.86. The molecule has 1 aromatic carbocycles. The normalized spacial score (nSPS) is 17.1. The molecule has 0 saturated carbocycles. The molecule has 33 heavy (non-hydrogen) atoms. The molecule has 1 fully saturated rings. The Morgan fingerprint density at radius 3 is 2.30 bits per heavy atom. The fourth-order valence-corrected chi connectivity index (χ4v) is 6.04. The van der Waals surface area contributed by atoms with E-state index in [1.54, 1.807) is 24.3 Å². The molecule has 1 heterocycles. The van der Waals surface area contributed by atoms with E-state index in [0.29, 0.717) is 56.3 Å². The minimum atomic E-state index is -2.95. The monoisotopic (exact) mass is 482 g/mol. The molecule has 7 nitrogen and oxygen atoms in total. The quantitative estimate of drug-likeness (QED) is 0.371. The Labute approximate surface area is 199 Å². The first-order valence-corrected chi connectivity index (χ1v) is 13.6. The van der Waals surface area contributed by atoms with E-state index in [-0.39, 0.29) is 11.3 Å². The average Bonchev–Trinajstić information content (AvgIpc) is 2.80. The maximum atomic E-state index is 13.6. The Morgan fingerprint density at radius 1 is 1.21 bits per heavy atom. The van der Waals surface area contributed by atoms with Gasteiger partial charge in [0, 0.05) is 39.6 Å². The second kappa shape index (κ2) is 13.0. The number of nitrogens with one attached hydrogen (secondary N) is 1. The van der Waals surface area contributed by atoms with E-state index < -0.39 is 20.2 Å². The number of rotatable bonds is 11. The van der Waals surface area contributed by atoms with Crippen LogP contribution in [-0.2, 0) is 23.8 Å². The van der Waals surface area contributed by atoms with Crippen LogP contribution in [0.15, 0.2) is 29.2 Å². The molecule has 1 unspecified atom stereocenters.